The van der Waals surface area contributed by atoms with Crippen LogP contribution in [0.15, 0.2) is 64.2 Å². The van der Waals surface area contributed by atoms with Gasteiger partial charge in [-0.25, -0.2) is 8.42 Å². The highest BCUT2D eigenvalue weighted by Gasteiger charge is 2.22. The van der Waals surface area contributed by atoms with Crippen LogP contribution in [0.4, 0.5) is 5.82 Å². The van der Waals surface area contributed by atoms with E-state index >= 15 is 0 Å². The van der Waals surface area contributed by atoms with Crippen LogP contribution in [-0.4, -0.2) is 32.4 Å². The molecule has 0 aliphatic rings. The molecule has 0 spiro atoms. The molecular formula is C20H19N3O4S2. The lowest BCUT2D eigenvalue weighted by molar-refractivity contribution is 0.407. The maximum absolute atomic E-state index is 12.8. The minimum Gasteiger partial charge on any atom is -0.496 e. The van der Waals surface area contributed by atoms with Crippen LogP contribution in [0.3, 0.4) is 0 Å². The van der Waals surface area contributed by atoms with Crippen LogP contribution in [0.2, 0.25) is 0 Å². The highest BCUT2D eigenvalue weighted by molar-refractivity contribution is 7.94. The molecule has 0 amide bonds. The normalized spacial score (nSPS) is 11.5. The van der Waals surface area contributed by atoms with Crippen LogP contribution < -0.4 is 14.2 Å². The third-order valence-corrected chi connectivity index (χ3v) is 7.20. The van der Waals surface area contributed by atoms with Crippen molar-refractivity contribution in [3.63, 3.8) is 0 Å². The van der Waals surface area contributed by atoms with Gasteiger partial charge in [0.2, 0.25) is 0 Å². The summed E-state index contributed by atoms with van der Waals surface area (Å²) in [7, 11) is -0.586. The van der Waals surface area contributed by atoms with Crippen molar-refractivity contribution in [1.82, 2.24) is 9.78 Å². The first-order valence-corrected chi connectivity index (χ1v) is 11.1. The number of nitrogens with zero attached hydrogens (tertiary/aromatic N) is 2. The Kier molecular flexibility index (Phi) is 5.16. The van der Waals surface area contributed by atoms with Gasteiger partial charge < -0.3 is 9.47 Å². The summed E-state index contributed by atoms with van der Waals surface area (Å²) in [5.41, 5.74) is 1.68. The Hall–Kier alpha value is -3.04. The predicted octanol–water partition coefficient (Wildman–Crippen LogP) is 3.96. The minimum absolute atomic E-state index is 0.222. The van der Waals surface area contributed by atoms with Gasteiger partial charge in [-0.1, -0.05) is 30.3 Å². The van der Waals surface area contributed by atoms with Gasteiger partial charge in [0.15, 0.2) is 5.82 Å². The van der Waals surface area contributed by atoms with Crippen molar-refractivity contribution in [2.45, 2.75) is 10.8 Å². The van der Waals surface area contributed by atoms with Crippen LogP contribution in [0.25, 0.3) is 10.9 Å². The van der Waals surface area contributed by atoms with E-state index in [4.69, 9.17) is 9.47 Å². The van der Waals surface area contributed by atoms with Crippen LogP contribution >= 0.6 is 11.3 Å². The maximum Gasteiger partial charge on any atom is 0.272 e. The van der Waals surface area contributed by atoms with Crippen LogP contribution in [-0.2, 0) is 16.6 Å². The Labute approximate surface area is 172 Å². The zero-order valence-electron chi connectivity index (χ0n) is 15.8. The van der Waals surface area contributed by atoms with Crippen molar-refractivity contribution in [3.8, 4) is 11.5 Å². The number of aromatic nitrogens is 2. The summed E-state index contributed by atoms with van der Waals surface area (Å²) in [5.74, 6) is 1.50. The number of para-hydroxylation sites is 1. The van der Waals surface area contributed by atoms with Crippen molar-refractivity contribution in [2.24, 2.45) is 0 Å². The van der Waals surface area contributed by atoms with E-state index < -0.39 is 10.0 Å². The SMILES string of the molecule is COc1ccccc1Cn1nc(NS(=O)(=O)c2cccs2)c2c(OC)cccc21. The van der Waals surface area contributed by atoms with Crippen molar-refractivity contribution < 1.29 is 17.9 Å². The fraction of sp³-hybridized carbons (Fsp3) is 0.150. The second-order valence-corrected chi connectivity index (χ2v) is 9.07. The van der Waals surface area contributed by atoms with E-state index in [9.17, 15) is 8.42 Å². The van der Waals surface area contributed by atoms with E-state index in [1.807, 2.05) is 36.4 Å². The van der Waals surface area contributed by atoms with Gasteiger partial charge in [0, 0.05) is 5.56 Å². The molecule has 2 aromatic carbocycles. The number of ether oxygens (including phenoxy) is 2. The molecule has 0 bridgehead atoms. The largest absolute Gasteiger partial charge is 0.496 e. The molecule has 0 aliphatic heterocycles. The summed E-state index contributed by atoms with van der Waals surface area (Å²) in [5, 5.41) is 6.88. The number of thiophene rings is 1. The molecule has 0 saturated heterocycles. The number of hydrogen-bond donors (Lipinski definition) is 1. The average Bonchev–Trinajstić information content (AvgIpc) is 3.38. The van der Waals surface area contributed by atoms with Crippen LogP contribution in [0.5, 0.6) is 11.5 Å². The lowest BCUT2D eigenvalue weighted by Gasteiger charge is -2.09. The third-order valence-electron chi connectivity index (χ3n) is 4.46. The molecule has 1 N–H and O–H groups in total. The van der Waals surface area contributed by atoms with E-state index in [-0.39, 0.29) is 10.0 Å². The topological polar surface area (TPSA) is 82.5 Å². The van der Waals surface area contributed by atoms with E-state index in [2.05, 4.69) is 9.82 Å². The Balaban J connectivity index is 1.83. The molecular weight excluding hydrogens is 410 g/mol. The van der Waals surface area contributed by atoms with E-state index in [1.165, 1.54) is 0 Å². The molecule has 4 rings (SSSR count). The molecule has 150 valence electrons. The first-order chi connectivity index (χ1) is 14.0. The van der Waals surface area contributed by atoms with Gasteiger partial charge in [-0.15, -0.1) is 11.3 Å². The van der Waals surface area contributed by atoms with E-state index in [1.54, 1.807) is 42.5 Å². The Morgan fingerprint density at radius 2 is 1.76 bits per heavy atom. The van der Waals surface area contributed by atoms with Crippen LogP contribution in [0, 0.1) is 0 Å². The van der Waals surface area contributed by atoms with Crippen molar-refractivity contribution >= 4 is 38.1 Å². The highest BCUT2D eigenvalue weighted by atomic mass is 32.2. The van der Waals surface area contributed by atoms with Gasteiger partial charge in [0.25, 0.3) is 10.0 Å². The summed E-state index contributed by atoms with van der Waals surface area (Å²) in [6.45, 7) is 0.411. The fourth-order valence-electron chi connectivity index (χ4n) is 3.15. The van der Waals surface area contributed by atoms with Gasteiger partial charge >= 0.3 is 0 Å². The molecule has 4 aromatic rings. The molecule has 7 nitrogen and oxygen atoms in total. The Morgan fingerprint density at radius 1 is 1.00 bits per heavy atom. The third kappa shape index (κ3) is 3.66. The number of hydrogen-bond acceptors (Lipinski definition) is 6. The van der Waals surface area contributed by atoms with Crippen molar-refractivity contribution in [1.29, 1.82) is 0 Å². The maximum atomic E-state index is 12.8. The highest BCUT2D eigenvalue weighted by Crippen LogP contribution is 2.34. The number of nitrogens with one attached hydrogen (secondary N) is 1. The molecule has 0 unspecified atom stereocenters. The number of rotatable bonds is 7. The Bertz CT molecular complexity index is 1250. The van der Waals surface area contributed by atoms with Crippen molar-refractivity contribution in [2.75, 3.05) is 18.9 Å². The molecule has 0 fully saturated rings. The zero-order chi connectivity index (χ0) is 20.4. The van der Waals surface area contributed by atoms with Gasteiger partial charge in [-0.3, -0.25) is 9.40 Å². The minimum atomic E-state index is -3.75. The predicted molar refractivity (Wildman–Crippen MR) is 114 cm³/mol. The monoisotopic (exact) mass is 429 g/mol. The number of anilines is 1. The molecule has 0 saturated carbocycles. The van der Waals surface area contributed by atoms with Gasteiger partial charge in [-0.05, 0) is 29.6 Å². The molecule has 0 radical (unpaired) electrons. The van der Waals surface area contributed by atoms with Crippen molar-refractivity contribution in [3.05, 3.63) is 65.5 Å². The lowest BCUT2D eigenvalue weighted by Crippen LogP contribution is -2.12. The lowest BCUT2D eigenvalue weighted by atomic mass is 10.2. The van der Waals surface area contributed by atoms with E-state index in [0.717, 1.165) is 28.2 Å². The zero-order valence-corrected chi connectivity index (χ0v) is 17.5. The molecule has 9 heteroatoms. The summed E-state index contributed by atoms with van der Waals surface area (Å²) in [6, 6.07) is 16.4. The molecule has 0 atom stereocenters. The first kappa shape index (κ1) is 19.3. The Morgan fingerprint density at radius 3 is 2.48 bits per heavy atom. The second-order valence-electron chi connectivity index (χ2n) is 6.21. The molecule has 0 aliphatic carbocycles. The standard InChI is InChI=1S/C20H19N3O4S2/c1-26-16-9-4-3-7-14(16)13-23-15-8-5-10-17(27-2)19(15)20(21-23)22-29(24,25)18-11-6-12-28-18/h3-12H,13H2,1-2H3,(H,21,22). The second kappa shape index (κ2) is 7.76. The van der Waals surface area contributed by atoms with Crippen LogP contribution in [0.1, 0.15) is 5.56 Å². The van der Waals surface area contributed by atoms with Gasteiger partial charge in [0.05, 0.1) is 31.7 Å². The summed E-state index contributed by atoms with van der Waals surface area (Å²) in [6.07, 6.45) is 0. The van der Waals surface area contributed by atoms with Gasteiger partial charge in [0.1, 0.15) is 15.7 Å². The number of fused-ring (bicyclic) bond motifs is 1. The fourth-order valence-corrected chi connectivity index (χ4v) is 5.15. The number of sulfonamides is 1. The molecule has 2 aromatic heterocycles. The smallest absolute Gasteiger partial charge is 0.272 e. The quantitative estimate of drug-likeness (QED) is 0.481. The summed E-state index contributed by atoms with van der Waals surface area (Å²) in [4.78, 5) is 0. The summed E-state index contributed by atoms with van der Waals surface area (Å²) >= 11 is 1.15. The first-order valence-electron chi connectivity index (χ1n) is 8.75. The average molecular weight is 430 g/mol. The number of methoxy groups -OCH3 is 2. The number of benzene rings is 2. The summed E-state index contributed by atoms with van der Waals surface area (Å²) < 4.78 is 41.0. The molecule has 29 heavy (non-hydrogen) atoms. The molecule has 2 heterocycles. The van der Waals surface area contributed by atoms with E-state index in [0.29, 0.717) is 17.7 Å². The van der Waals surface area contributed by atoms with Gasteiger partial charge in [-0.2, -0.15) is 5.10 Å².